The maximum absolute atomic E-state index is 3.90. The molecule has 2 unspecified atom stereocenters. The maximum Gasteiger partial charge on any atom is 0.0122 e. The molecule has 2 rings (SSSR count). The minimum absolute atomic E-state index is 0.460. The van der Waals surface area contributed by atoms with Gasteiger partial charge < -0.3 is 5.32 Å². The molecular weight excluding hydrogens is 158 g/mol. The van der Waals surface area contributed by atoms with E-state index in [9.17, 15) is 0 Å². The lowest BCUT2D eigenvalue weighted by Gasteiger charge is -2.12. The van der Waals surface area contributed by atoms with Crippen LogP contribution in [0.2, 0.25) is 0 Å². The first-order valence-electron chi connectivity index (χ1n) is 5.00. The van der Waals surface area contributed by atoms with Crippen LogP contribution in [0.15, 0.2) is 36.5 Å². The Morgan fingerprint density at radius 1 is 1.62 bits per heavy atom. The molecule has 0 radical (unpaired) electrons. The number of piperidine rings is 1. The monoisotopic (exact) mass is 175 g/mol. The third-order valence-corrected chi connectivity index (χ3v) is 3.33. The molecular formula is C12H17N. The zero-order valence-electron chi connectivity index (χ0n) is 8.22. The van der Waals surface area contributed by atoms with Crippen LogP contribution in [-0.2, 0) is 0 Å². The lowest BCUT2D eigenvalue weighted by Crippen LogP contribution is -2.17. The Hall–Kier alpha value is -0.820. The van der Waals surface area contributed by atoms with Gasteiger partial charge in [-0.25, -0.2) is 0 Å². The van der Waals surface area contributed by atoms with E-state index in [0.29, 0.717) is 5.41 Å². The van der Waals surface area contributed by atoms with Crippen LogP contribution in [0.3, 0.4) is 0 Å². The summed E-state index contributed by atoms with van der Waals surface area (Å²) < 4.78 is 0. The largest absolute Gasteiger partial charge is 0.316 e. The van der Waals surface area contributed by atoms with E-state index in [4.69, 9.17) is 0 Å². The summed E-state index contributed by atoms with van der Waals surface area (Å²) in [4.78, 5) is 0. The van der Waals surface area contributed by atoms with E-state index >= 15 is 0 Å². The SMILES string of the molecule is C=C/C(=C\C=C/C)C12CNCC1C2. The molecule has 1 heteroatoms. The molecule has 0 aromatic rings. The highest BCUT2D eigenvalue weighted by Gasteiger charge is 2.58. The van der Waals surface area contributed by atoms with Crippen molar-refractivity contribution in [2.24, 2.45) is 11.3 Å². The zero-order chi connectivity index (χ0) is 9.31. The quantitative estimate of drug-likeness (QED) is 0.649. The summed E-state index contributed by atoms with van der Waals surface area (Å²) in [5.74, 6) is 0.877. The molecule has 1 nitrogen and oxygen atoms in total. The van der Waals surface area contributed by atoms with Crippen LogP contribution in [0.5, 0.6) is 0 Å². The van der Waals surface area contributed by atoms with Crippen LogP contribution < -0.4 is 5.32 Å². The van der Waals surface area contributed by atoms with Crippen LogP contribution in [0.4, 0.5) is 0 Å². The van der Waals surface area contributed by atoms with Gasteiger partial charge in [0.2, 0.25) is 0 Å². The maximum atomic E-state index is 3.90. The second kappa shape index (κ2) is 3.15. The number of hydrogen-bond donors (Lipinski definition) is 1. The van der Waals surface area contributed by atoms with Crippen LogP contribution >= 0.6 is 0 Å². The second-order valence-electron chi connectivity index (χ2n) is 4.04. The summed E-state index contributed by atoms with van der Waals surface area (Å²) in [7, 11) is 0. The molecule has 2 fully saturated rings. The highest BCUT2D eigenvalue weighted by atomic mass is 15.0. The van der Waals surface area contributed by atoms with E-state index in [2.05, 4.69) is 30.1 Å². The first-order valence-corrected chi connectivity index (χ1v) is 5.00. The topological polar surface area (TPSA) is 12.0 Å². The van der Waals surface area contributed by atoms with Crippen LogP contribution in [0.25, 0.3) is 0 Å². The van der Waals surface area contributed by atoms with Gasteiger partial charge in [-0.2, -0.15) is 0 Å². The van der Waals surface area contributed by atoms with Gasteiger partial charge >= 0.3 is 0 Å². The molecule has 0 bridgehead atoms. The molecule has 2 aliphatic rings. The third kappa shape index (κ3) is 1.28. The standard InChI is InChI=1S/C12H17N/c1-3-5-6-10(4-2)12-7-11(12)8-13-9-12/h3-6,11,13H,2,7-9H2,1H3/b5-3-,10-6+. The molecule has 1 N–H and O–H groups in total. The Bertz CT molecular complexity index is 275. The minimum atomic E-state index is 0.460. The lowest BCUT2D eigenvalue weighted by atomic mass is 9.94. The highest BCUT2D eigenvalue weighted by Crippen LogP contribution is 2.60. The molecule has 1 aliphatic carbocycles. The van der Waals surface area contributed by atoms with Crippen molar-refractivity contribution >= 4 is 0 Å². The van der Waals surface area contributed by atoms with Crippen molar-refractivity contribution in [1.82, 2.24) is 5.32 Å². The number of fused-ring (bicyclic) bond motifs is 1. The van der Waals surface area contributed by atoms with E-state index in [1.54, 1.807) is 0 Å². The minimum Gasteiger partial charge on any atom is -0.316 e. The Morgan fingerprint density at radius 3 is 2.92 bits per heavy atom. The Balaban J connectivity index is 2.18. The number of allylic oxidation sites excluding steroid dienone is 4. The van der Waals surface area contributed by atoms with Gasteiger partial charge in [-0.1, -0.05) is 30.9 Å². The van der Waals surface area contributed by atoms with Crippen LogP contribution in [0, 0.1) is 11.3 Å². The van der Waals surface area contributed by atoms with Gasteiger partial charge in [0.05, 0.1) is 0 Å². The predicted molar refractivity (Wildman–Crippen MR) is 56.5 cm³/mol. The number of hydrogen-bond acceptors (Lipinski definition) is 1. The zero-order valence-corrected chi connectivity index (χ0v) is 8.22. The van der Waals surface area contributed by atoms with E-state index in [-0.39, 0.29) is 0 Å². The van der Waals surface area contributed by atoms with Gasteiger partial charge in [0.25, 0.3) is 0 Å². The fraction of sp³-hybridized carbons (Fsp3) is 0.500. The number of nitrogens with one attached hydrogen (secondary N) is 1. The van der Waals surface area contributed by atoms with Crippen LogP contribution in [-0.4, -0.2) is 13.1 Å². The normalized spacial score (nSPS) is 37.9. The summed E-state index contributed by atoms with van der Waals surface area (Å²) in [6.07, 6.45) is 9.77. The Labute approximate surface area is 80.2 Å². The van der Waals surface area contributed by atoms with E-state index in [0.717, 1.165) is 12.5 Å². The molecule has 0 aromatic heterocycles. The molecule has 0 spiro atoms. The van der Waals surface area contributed by atoms with Crippen molar-refractivity contribution in [2.45, 2.75) is 13.3 Å². The van der Waals surface area contributed by atoms with E-state index < -0.39 is 0 Å². The summed E-state index contributed by atoms with van der Waals surface area (Å²) >= 11 is 0. The lowest BCUT2D eigenvalue weighted by molar-refractivity contribution is 0.620. The van der Waals surface area contributed by atoms with Crippen molar-refractivity contribution in [2.75, 3.05) is 13.1 Å². The Kier molecular flexibility index (Phi) is 2.12. The first kappa shape index (κ1) is 8.76. The fourth-order valence-corrected chi connectivity index (χ4v) is 2.43. The van der Waals surface area contributed by atoms with Crippen molar-refractivity contribution in [3.63, 3.8) is 0 Å². The van der Waals surface area contributed by atoms with E-state index in [1.165, 1.54) is 18.5 Å². The van der Waals surface area contributed by atoms with Crippen molar-refractivity contribution in [1.29, 1.82) is 0 Å². The molecule has 2 atom stereocenters. The van der Waals surface area contributed by atoms with Crippen molar-refractivity contribution in [3.05, 3.63) is 36.5 Å². The fourth-order valence-electron chi connectivity index (χ4n) is 2.43. The summed E-state index contributed by atoms with van der Waals surface area (Å²) in [5, 5.41) is 3.44. The predicted octanol–water partition coefficient (Wildman–Crippen LogP) is 2.28. The molecule has 0 amide bonds. The molecule has 13 heavy (non-hydrogen) atoms. The average molecular weight is 175 g/mol. The van der Waals surface area contributed by atoms with Crippen molar-refractivity contribution < 1.29 is 0 Å². The van der Waals surface area contributed by atoms with Gasteiger partial charge in [0.1, 0.15) is 0 Å². The van der Waals surface area contributed by atoms with Gasteiger partial charge in [-0.05, 0) is 31.4 Å². The molecule has 1 saturated carbocycles. The first-order chi connectivity index (χ1) is 6.33. The highest BCUT2D eigenvalue weighted by molar-refractivity contribution is 5.38. The molecule has 1 saturated heterocycles. The number of rotatable bonds is 3. The summed E-state index contributed by atoms with van der Waals surface area (Å²) in [5.41, 5.74) is 1.88. The van der Waals surface area contributed by atoms with Crippen LogP contribution in [0.1, 0.15) is 13.3 Å². The Morgan fingerprint density at radius 2 is 2.46 bits per heavy atom. The summed E-state index contributed by atoms with van der Waals surface area (Å²) in [6, 6.07) is 0. The van der Waals surface area contributed by atoms with Gasteiger partial charge in [-0.3, -0.25) is 0 Å². The van der Waals surface area contributed by atoms with Gasteiger partial charge in [0, 0.05) is 12.0 Å². The second-order valence-corrected chi connectivity index (χ2v) is 4.04. The third-order valence-electron chi connectivity index (χ3n) is 3.33. The van der Waals surface area contributed by atoms with Gasteiger partial charge in [0.15, 0.2) is 0 Å². The average Bonchev–Trinajstić information content (AvgIpc) is 2.71. The summed E-state index contributed by atoms with van der Waals surface area (Å²) in [6.45, 7) is 8.29. The van der Waals surface area contributed by atoms with E-state index in [1.807, 2.05) is 13.0 Å². The smallest absolute Gasteiger partial charge is 0.0122 e. The molecule has 70 valence electrons. The molecule has 0 aromatic carbocycles. The molecule has 1 heterocycles. The van der Waals surface area contributed by atoms with Crippen molar-refractivity contribution in [3.8, 4) is 0 Å². The van der Waals surface area contributed by atoms with Gasteiger partial charge in [-0.15, -0.1) is 0 Å². The molecule has 1 aliphatic heterocycles.